The predicted molar refractivity (Wildman–Crippen MR) is 84.0 cm³/mol. The summed E-state index contributed by atoms with van der Waals surface area (Å²) in [6, 6.07) is 0. The Hall–Kier alpha value is -0.390. The van der Waals surface area contributed by atoms with Gasteiger partial charge in [0.15, 0.2) is 0 Å². The van der Waals surface area contributed by atoms with Gasteiger partial charge in [-0.15, -0.1) is 0 Å². The van der Waals surface area contributed by atoms with Crippen molar-refractivity contribution < 1.29 is 0 Å². The molecule has 1 N–H and O–H groups in total. The molecule has 4 heteroatoms. The van der Waals surface area contributed by atoms with Crippen molar-refractivity contribution in [1.82, 2.24) is 9.97 Å². The maximum atomic E-state index is 4.73. The van der Waals surface area contributed by atoms with Crippen LogP contribution < -0.4 is 5.32 Å². The minimum atomic E-state index is 0.569. The first kappa shape index (κ1) is 14.0. The molecule has 18 heavy (non-hydrogen) atoms. The lowest BCUT2D eigenvalue weighted by Crippen LogP contribution is -2.10. The van der Waals surface area contributed by atoms with Crippen molar-refractivity contribution in [2.24, 2.45) is 0 Å². The predicted octanol–water partition coefficient (Wildman–Crippen LogP) is 4.34. The Morgan fingerprint density at radius 2 is 1.89 bits per heavy atom. The van der Waals surface area contributed by atoms with E-state index in [9.17, 15) is 0 Å². The van der Waals surface area contributed by atoms with Gasteiger partial charge in [-0.25, -0.2) is 9.97 Å². The highest BCUT2D eigenvalue weighted by molar-refractivity contribution is 14.1. The number of nitrogens with zero attached hydrogens (tertiary/aromatic N) is 2. The Kier molecular flexibility index (Phi) is 5.66. The normalized spacial score (nSPS) is 18.1. The number of nitrogens with one attached hydrogen (secondary N) is 1. The molecular formula is C14H22IN3. The highest BCUT2D eigenvalue weighted by atomic mass is 127. The van der Waals surface area contributed by atoms with Gasteiger partial charge >= 0.3 is 0 Å². The molecule has 1 aromatic heterocycles. The van der Waals surface area contributed by atoms with Crippen LogP contribution >= 0.6 is 22.6 Å². The minimum Gasteiger partial charge on any atom is -0.369 e. The van der Waals surface area contributed by atoms with Gasteiger partial charge in [0.1, 0.15) is 11.6 Å². The third kappa shape index (κ3) is 3.80. The summed E-state index contributed by atoms with van der Waals surface area (Å²) in [5.41, 5.74) is 0. The van der Waals surface area contributed by atoms with Crippen LogP contribution in [0.1, 0.15) is 63.6 Å². The molecule has 3 nitrogen and oxygen atoms in total. The van der Waals surface area contributed by atoms with E-state index in [0.29, 0.717) is 5.92 Å². The standard InChI is InChI=1S/C14H22IN3/c1-2-16-14-12(15)10-17-13(18-14)11-8-6-4-3-5-7-9-11/h10-11H,2-9H2,1H3,(H,16,17,18). The van der Waals surface area contributed by atoms with E-state index in [4.69, 9.17) is 4.98 Å². The zero-order valence-electron chi connectivity index (χ0n) is 11.1. The fraction of sp³-hybridized carbons (Fsp3) is 0.714. The van der Waals surface area contributed by atoms with Gasteiger partial charge in [0.05, 0.1) is 3.57 Å². The first-order chi connectivity index (χ1) is 8.81. The third-order valence-electron chi connectivity index (χ3n) is 3.58. The number of rotatable bonds is 3. The molecule has 1 aromatic rings. The highest BCUT2D eigenvalue weighted by Crippen LogP contribution is 2.29. The first-order valence-electron chi connectivity index (χ1n) is 7.07. The summed E-state index contributed by atoms with van der Waals surface area (Å²) in [7, 11) is 0. The molecule has 2 rings (SSSR count). The summed E-state index contributed by atoms with van der Waals surface area (Å²) in [4.78, 5) is 9.29. The second-order valence-electron chi connectivity index (χ2n) is 5.00. The van der Waals surface area contributed by atoms with E-state index in [1.54, 1.807) is 0 Å². The van der Waals surface area contributed by atoms with Gasteiger partial charge in [0.2, 0.25) is 0 Å². The molecule has 0 aromatic carbocycles. The molecule has 1 aliphatic rings. The Labute approximate surface area is 123 Å². The molecule has 0 saturated heterocycles. The van der Waals surface area contributed by atoms with E-state index in [1.165, 1.54) is 44.9 Å². The molecule has 0 spiro atoms. The third-order valence-corrected chi connectivity index (χ3v) is 4.37. The first-order valence-corrected chi connectivity index (χ1v) is 8.15. The number of aromatic nitrogens is 2. The van der Waals surface area contributed by atoms with Crippen LogP contribution in [0.15, 0.2) is 6.20 Å². The van der Waals surface area contributed by atoms with Gasteiger partial charge in [0.25, 0.3) is 0 Å². The van der Waals surface area contributed by atoms with E-state index in [1.807, 2.05) is 6.20 Å². The average molecular weight is 359 g/mol. The van der Waals surface area contributed by atoms with Crippen molar-refractivity contribution in [2.45, 2.75) is 57.8 Å². The lowest BCUT2D eigenvalue weighted by Gasteiger charge is -2.19. The fourth-order valence-electron chi connectivity index (χ4n) is 2.58. The van der Waals surface area contributed by atoms with E-state index in [2.05, 4.69) is 39.8 Å². The van der Waals surface area contributed by atoms with Gasteiger partial charge in [-0.3, -0.25) is 0 Å². The van der Waals surface area contributed by atoms with Crippen LogP contribution in [-0.2, 0) is 0 Å². The summed E-state index contributed by atoms with van der Waals surface area (Å²) in [5, 5.41) is 3.32. The summed E-state index contributed by atoms with van der Waals surface area (Å²) in [6.45, 7) is 3.02. The second-order valence-corrected chi connectivity index (χ2v) is 6.16. The summed E-state index contributed by atoms with van der Waals surface area (Å²) in [5.74, 6) is 2.62. The average Bonchev–Trinajstić information content (AvgIpc) is 2.32. The number of hydrogen-bond acceptors (Lipinski definition) is 3. The maximum Gasteiger partial charge on any atom is 0.143 e. The fourth-order valence-corrected chi connectivity index (χ4v) is 3.03. The Bertz CT molecular complexity index is 373. The zero-order valence-corrected chi connectivity index (χ0v) is 13.2. The van der Waals surface area contributed by atoms with Gasteiger partial charge in [-0.2, -0.15) is 0 Å². The topological polar surface area (TPSA) is 37.8 Å². The van der Waals surface area contributed by atoms with Crippen molar-refractivity contribution >= 4 is 28.4 Å². The smallest absolute Gasteiger partial charge is 0.143 e. The summed E-state index contributed by atoms with van der Waals surface area (Å²) in [6.07, 6.45) is 11.3. The molecule has 1 heterocycles. The molecule has 0 radical (unpaired) electrons. The molecule has 0 bridgehead atoms. The van der Waals surface area contributed by atoms with Gasteiger partial charge in [-0.1, -0.05) is 32.1 Å². The van der Waals surface area contributed by atoms with Crippen LogP contribution in [0.5, 0.6) is 0 Å². The van der Waals surface area contributed by atoms with Crippen LogP contribution in [0.3, 0.4) is 0 Å². The largest absolute Gasteiger partial charge is 0.369 e. The highest BCUT2D eigenvalue weighted by Gasteiger charge is 2.17. The van der Waals surface area contributed by atoms with Gasteiger partial charge in [-0.05, 0) is 42.4 Å². The molecule has 0 amide bonds. The molecule has 100 valence electrons. The number of halogens is 1. The van der Waals surface area contributed by atoms with E-state index in [-0.39, 0.29) is 0 Å². The maximum absolute atomic E-state index is 4.73. The molecular weight excluding hydrogens is 337 g/mol. The SMILES string of the molecule is CCNc1nc(C2CCCCCCC2)ncc1I. The lowest BCUT2D eigenvalue weighted by molar-refractivity contribution is 0.442. The molecule has 1 saturated carbocycles. The Morgan fingerprint density at radius 1 is 1.22 bits per heavy atom. The Balaban J connectivity index is 2.12. The van der Waals surface area contributed by atoms with Crippen LogP contribution in [-0.4, -0.2) is 16.5 Å². The van der Waals surface area contributed by atoms with Crippen molar-refractivity contribution in [2.75, 3.05) is 11.9 Å². The van der Waals surface area contributed by atoms with Crippen molar-refractivity contribution in [1.29, 1.82) is 0 Å². The zero-order chi connectivity index (χ0) is 12.8. The van der Waals surface area contributed by atoms with Crippen molar-refractivity contribution in [3.63, 3.8) is 0 Å². The molecule has 0 aliphatic heterocycles. The minimum absolute atomic E-state index is 0.569. The quantitative estimate of drug-likeness (QED) is 0.816. The van der Waals surface area contributed by atoms with Crippen LogP contribution in [0, 0.1) is 3.57 Å². The van der Waals surface area contributed by atoms with Crippen LogP contribution in [0.25, 0.3) is 0 Å². The summed E-state index contributed by atoms with van der Waals surface area (Å²) >= 11 is 2.30. The molecule has 0 unspecified atom stereocenters. The van der Waals surface area contributed by atoms with Crippen molar-refractivity contribution in [3.8, 4) is 0 Å². The Morgan fingerprint density at radius 3 is 2.56 bits per heavy atom. The van der Waals surface area contributed by atoms with E-state index >= 15 is 0 Å². The molecule has 0 atom stereocenters. The second kappa shape index (κ2) is 7.26. The van der Waals surface area contributed by atoms with Crippen LogP contribution in [0.2, 0.25) is 0 Å². The lowest BCUT2D eigenvalue weighted by atomic mass is 9.90. The van der Waals surface area contributed by atoms with E-state index in [0.717, 1.165) is 21.8 Å². The van der Waals surface area contributed by atoms with E-state index < -0.39 is 0 Å². The number of anilines is 1. The summed E-state index contributed by atoms with van der Waals surface area (Å²) < 4.78 is 1.11. The molecule has 1 aliphatic carbocycles. The van der Waals surface area contributed by atoms with Gasteiger partial charge < -0.3 is 5.32 Å². The van der Waals surface area contributed by atoms with Crippen LogP contribution in [0.4, 0.5) is 5.82 Å². The number of hydrogen-bond donors (Lipinski definition) is 1. The molecule has 1 fully saturated rings. The van der Waals surface area contributed by atoms with Gasteiger partial charge in [0, 0.05) is 18.7 Å². The van der Waals surface area contributed by atoms with Crippen molar-refractivity contribution in [3.05, 3.63) is 15.6 Å². The monoisotopic (exact) mass is 359 g/mol.